The summed E-state index contributed by atoms with van der Waals surface area (Å²) in [7, 11) is 0. The average Bonchev–Trinajstić information content (AvgIpc) is 4.06. The van der Waals surface area contributed by atoms with Crippen LogP contribution in [0.4, 0.5) is 15.4 Å². The summed E-state index contributed by atoms with van der Waals surface area (Å²) in [5, 5.41) is 11.0. The van der Waals surface area contributed by atoms with Crippen LogP contribution >= 0.6 is 11.6 Å². The first kappa shape index (κ1) is 53.2. The molecule has 4 fully saturated rings. The molecular weight excluding hydrogens is 982 g/mol. The number of hydrogen-bond donors (Lipinski definition) is 4. The molecule has 404 valence electrons. The van der Waals surface area contributed by atoms with Crippen LogP contribution in [0.15, 0.2) is 91.4 Å². The minimum Gasteiger partial charge on any atom is -0.449 e. The van der Waals surface area contributed by atoms with Crippen molar-refractivity contribution >= 4 is 52.5 Å². The van der Waals surface area contributed by atoms with E-state index in [1.165, 1.54) is 17.5 Å². The van der Waals surface area contributed by atoms with E-state index in [0.717, 1.165) is 111 Å². The number of carbonyl (C=O) groups excluding carboxylic acids is 4. The van der Waals surface area contributed by atoms with Gasteiger partial charge in [0, 0.05) is 63.0 Å². The van der Waals surface area contributed by atoms with Crippen LogP contribution in [0, 0.1) is 5.92 Å². The van der Waals surface area contributed by atoms with Crippen LogP contribution < -0.4 is 20.9 Å². The maximum absolute atomic E-state index is 14.8. The highest BCUT2D eigenvalue weighted by Gasteiger charge is 2.45. The van der Waals surface area contributed by atoms with Gasteiger partial charge in [-0.05, 0) is 130 Å². The number of nitrogens with one attached hydrogen (secondary N) is 4. The highest BCUT2D eigenvalue weighted by Crippen LogP contribution is 2.44. The maximum Gasteiger partial charge on any atom is 0.408 e. The number of rotatable bonds is 15. The predicted molar refractivity (Wildman–Crippen MR) is 293 cm³/mol. The van der Waals surface area contributed by atoms with Crippen LogP contribution in [0.25, 0.3) is 22.2 Å². The number of H-pyrrole nitrogens is 1. The van der Waals surface area contributed by atoms with E-state index in [9.17, 15) is 19.2 Å². The Morgan fingerprint density at radius 3 is 2.07 bits per heavy atom. The molecule has 3 saturated heterocycles. The van der Waals surface area contributed by atoms with Gasteiger partial charge in [-0.25, -0.2) is 19.6 Å². The van der Waals surface area contributed by atoms with E-state index in [0.29, 0.717) is 50.5 Å². The number of nitrogens with zero attached hydrogens (tertiary/aromatic N) is 5. The van der Waals surface area contributed by atoms with Crippen LogP contribution in [0.3, 0.4) is 0 Å². The molecule has 3 aromatic carbocycles. The second-order valence-electron chi connectivity index (χ2n) is 22.5. The highest BCUT2D eigenvalue weighted by molar-refractivity contribution is 6.30. The Morgan fingerprint density at radius 1 is 0.763 bits per heavy atom. The fraction of sp³-hybridized carbons (Fsp3) is 0.525. The van der Waals surface area contributed by atoms with E-state index >= 15 is 0 Å². The smallest absolute Gasteiger partial charge is 0.408 e. The van der Waals surface area contributed by atoms with Gasteiger partial charge < -0.3 is 49.8 Å². The number of fused-ring (bicyclic) bond motifs is 4. The number of aromatic nitrogens is 3. The van der Waals surface area contributed by atoms with Gasteiger partial charge in [0.25, 0.3) is 0 Å². The van der Waals surface area contributed by atoms with Crippen molar-refractivity contribution in [1.82, 2.24) is 40.7 Å². The topological polar surface area (TPSA) is 183 Å². The Labute approximate surface area is 451 Å². The summed E-state index contributed by atoms with van der Waals surface area (Å²) in [6, 6.07) is 25.2. The van der Waals surface area contributed by atoms with Crippen LogP contribution in [-0.4, -0.2) is 131 Å². The SMILES string of the molecule is CC(C)(C)OC(=O)NC1(C(=O)N[C@@H](CCN2CCC(OC3CCN(C(=O)[C@H](NC(=O)OCC4c5ccccc5-c5ccccc54)C4CCCCC4)CC3)CC2)c2ccc(Cl)cc2)CCN(c2ncnc3[nH]ccc23)CC1. The highest BCUT2D eigenvalue weighted by atomic mass is 35.5. The molecule has 0 unspecified atom stereocenters. The van der Waals surface area contributed by atoms with Crippen LogP contribution in [0.5, 0.6) is 0 Å². The van der Waals surface area contributed by atoms with Gasteiger partial charge in [-0.1, -0.05) is 91.5 Å². The van der Waals surface area contributed by atoms with Crippen molar-refractivity contribution in [2.24, 2.45) is 5.92 Å². The van der Waals surface area contributed by atoms with Crippen molar-refractivity contribution < 1.29 is 33.4 Å². The summed E-state index contributed by atoms with van der Waals surface area (Å²) in [5.41, 5.74) is 4.35. The third-order valence-corrected chi connectivity index (χ3v) is 16.7. The molecule has 16 nitrogen and oxygen atoms in total. The third-order valence-electron chi connectivity index (χ3n) is 16.4. The van der Waals surface area contributed by atoms with Crippen molar-refractivity contribution in [2.75, 3.05) is 57.3 Å². The number of hydrogen-bond acceptors (Lipinski definition) is 11. The molecule has 2 aromatic heterocycles. The number of benzene rings is 3. The zero-order valence-corrected chi connectivity index (χ0v) is 45.0. The molecule has 5 aromatic rings. The Hall–Kier alpha value is -6.23. The molecular formula is C59H74ClN9O7. The summed E-state index contributed by atoms with van der Waals surface area (Å²) in [6.07, 6.45) is 12.0. The van der Waals surface area contributed by atoms with E-state index in [1.807, 2.05) is 86.5 Å². The summed E-state index contributed by atoms with van der Waals surface area (Å²) in [6.45, 7) is 10.2. The Morgan fingerprint density at radius 2 is 1.41 bits per heavy atom. The number of halogens is 1. The van der Waals surface area contributed by atoms with Crippen molar-refractivity contribution in [3.8, 4) is 11.1 Å². The first-order chi connectivity index (χ1) is 36.8. The number of aromatic amines is 1. The lowest BCUT2D eigenvalue weighted by molar-refractivity contribution is -0.139. The lowest BCUT2D eigenvalue weighted by Crippen LogP contribution is -2.64. The molecule has 0 bridgehead atoms. The number of anilines is 1. The molecule has 5 heterocycles. The van der Waals surface area contributed by atoms with Gasteiger partial charge in [-0.2, -0.15) is 0 Å². The Kier molecular flexibility index (Phi) is 16.5. The second kappa shape index (κ2) is 23.6. The van der Waals surface area contributed by atoms with Crippen molar-refractivity contribution in [3.05, 3.63) is 113 Å². The molecule has 4 N–H and O–H groups in total. The molecule has 76 heavy (non-hydrogen) atoms. The van der Waals surface area contributed by atoms with Crippen LogP contribution in [0.1, 0.15) is 126 Å². The number of carbonyl (C=O) groups is 4. The first-order valence-corrected chi connectivity index (χ1v) is 28.1. The maximum atomic E-state index is 14.8. The number of ether oxygens (including phenoxy) is 3. The summed E-state index contributed by atoms with van der Waals surface area (Å²) >= 11 is 6.36. The number of likely N-dealkylation sites (tertiary alicyclic amines) is 2. The monoisotopic (exact) mass is 1060 g/mol. The van der Waals surface area contributed by atoms with Crippen LogP contribution in [0.2, 0.25) is 5.02 Å². The van der Waals surface area contributed by atoms with E-state index in [2.05, 4.69) is 65.0 Å². The molecule has 17 heteroatoms. The van der Waals surface area contributed by atoms with Crippen molar-refractivity contribution in [2.45, 2.75) is 139 Å². The van der Waals surface area contributed by atoms with Gasteiger partial charge >= 0.3 is 12.2 Å². The quantitative estimate of drug-likeness (QED) is 0.0783. The molecule has 4 amide bonds. The van der Waals surface area contributed by atoms with Gasteiger partial charge in [0.2, 0.25) is 11.8 Å². The Balaban J connectivity index is 0.713. The molecule has 0 radical (unpaired) electrons. The third kappa shape index (κ3) is 12.5. The fourth-order valence-corrected chi connectivity index (χ4v) is 12.4. The molecule has 5 aliphatic rings. The van der Waals surface area contributed by atoms with Gasteiger partial charge in [0.05, 0.1) is 23.6 Å². The van der Waals surface area contributed by atoms with E-state index < -0.39 is 29.4 Å². The second-order valence-corrected chi connectivity index (χ2v) is 23.0. The Bertz CT molecular complexity index is 2760. The number of amides is 4. The van der Waals surface area contributed by atoms with E-state index in [-0.39, 0.29) is 48.5 Å². The standard InChI is InChI=1S/C59H74ClN9O7/c1-58(2,3)76-57(73)66-59(27-35-68(36-28-59)53-48-21-29-61-52(48)62-38-63-53)55(71)64-50(39-17-19-41(60)20-18-39)26-32-67-30-22-42(23-31-67)75-43-24-33-69(34-25-43)54(70)51(40-11-5-4-6-12-40)65-56(72)74-37-49-46-15-9-7-13-44(46)45-14-8-10-16-47(45)49/h7-10,13-21,29,38,40,42-43,49-51H,4-6,11-12,22-28,30-37H2,1-3H3,(H,64,71)(H,65,72)(H,66,73)(H,61,62,63)/t50-,51+/m0/s1. The lowest BCUT2D eigenvalue weighted by atomic mass is 9.83. The normalized spacial score (nSPS) is 19.6. The van der Waals surface area contributed by atoms with Gasteiger partial charge in [-0.3, -0.25) is 9.59 Å². The van der Waals surface area contributed by atoms with E-state index in [1.54, 1.807) is 0 Å². The molecule has 3 aliphatic heterocycles. The minimum absolute atomic E-state index is 0.0166. The van der Waals surface area contributed by atoms with Gasteiger partial charge in [0.1, 0.15) is 41.6 Å². The first-order valence-electron chi connectivity index (χ1n) is 27.7. The van der Waals surface area contributed by atoms with E-state index in [4.69, 9.17) is 25.8 Å². The molecule has 1 saturated carbocycles. The zero-order chi connectivity index (χ0) is 52.8. The fourth-order valence-electron chi connectivity index (χ4n) is 12.3. The predicted octanol–water partition coefficient (Wildman–Crippen LogP) is 9.68. The van der Waals surface area contributed by atoms with Gasteiger partial charge in [0.15, 0.2) is 0 Å². The molecule has 2 aliphatic carbocycles. The summed E-state index contributed by atoms with van der Waals surface area (Å²) in [5.74, 6) is 0.527. The lowest BCUT2D eigenvalue weighted by Gasteiger charge is -2.42. The summed E-state index contributed by atoms with van der Waals surface area (Å²) in [4.78, 5) is 74.7. The molecule has 2 atom stereocenters. The minimum atomic E-state index is -1.23. The summed E-state index contributed by atoms with van der Waals surface area (Å²) < 4.78 is 18.4. The molecule has 0 spiro atoms. The zero-order valence-electron chi connectivity index (χ0n) is 44.2. The van der Waals surface area contributed by atoms with Crippen LogP contribution in [-0.2, 0) is 23.8 Å². The number of alkyl carbamates (subject to hydrolysis) is 2. The van der Waals surface area contributed by atoms with Crippen molar-refractivity contribution in [3.63, 3.8) is 0 Å². The molecule has 10 rings (SSSR count). The average molecular weight is 1060 g/mol. The van der Waals surface area contributed by atoms with Crippen molar-refractivity contribution in [1.29, 1.82) is 0 Å². The largest absolute Gasteiger partial charge is 0.449 e. The van der Waals surface area contributed by atoms with Gasteiger partial charge in [-0.15, -0.1) is 0 Å². The number of piperidine rings is 3.